The van der Waals surface area contributed by atoms with Crippen LogP contribution in [-0.4, -0.2) is 37.9 Å². The molecule has 206 valence electrons. The average molecular weight is 581 g/mol. The van der Waals surface area contributed by atoms with Crippen molar-refractivity contribution in [2.75, 3.05) is 12.4 Å². The van der Waals surface area contributed by atoms with Crippen molar-refractivity contribution in [2.24, 2.45) is 5.10 Å². The number of nitrogens with one attached hydrogen (secondary N) is 2. The molecule has 0 aliphatic heterocycles. The number of anilines is 1. The van der Waals surface area contributed by atoms with E-state index in [-0.39, 0.29) is 23.7 Å². The molecule has 0 spiro atoms. The van der Waals surface area contributed by atoms with Gasteiger partial charge in [0.15, 0.2) is 0 Å². The fourth-order valence-electron chi connectivity index (χ4n) is 3.56. The third-order valence-corrected chi connectivity index (χ3v) is 7.64. The number of hydrazone groups is 1. The fourth-order valence-corrected chi connectivity index (χ4v) is 5.08. The highest BCUT2D eigenvalue weighted by Crippen LogP contribution is 2.23. The molecule has 0 fully saturated rings. The number of furan rings is 1. The summed E-state index contributed by atoms with van der Waals surface area (Å²) in [6.45, 7) is 0.0413. The Kier molecular flexibility index (Phi) is 9.33. The Bertz CT molecular complexity index is 1590. The molecule has 4 rings (SSSR count). The van der Waals surface area contributed by atoms with Crippen molar-refractivity contribution < 1.29 is 27.2 Å². The van der Waals surface area contributed by atoms with Gasteiger partial charge in [-0.3, -0.25) is 9.59 Å². The van der Waals surface area contributed by atoms with Crippen molar-refractivity contribution in [3.63, 3.8) is 0 Å². The van der Waals surface area contributed by atoms with E-state index in [1.54, 1.807) is 36.4 Å². The lowest BCUT2D eigenvalue weighted by Gasteiger charge is -2.21. The first-order valence-corrected chi connectivity index (χ1v) is 13.7. The highest BCUT2D eigenvalue weighted by atomic mass is 35.5. The average Bonchev–Trinajstić information content (AvgIpc) is 3.41. The van der Waals surface area contributed by atoms with Crippen LogP contribution in [0.1, 0.15) is 17.1 Å². The van der Waals surface area contributed by atoms with Crippen LogP contribution < -0.4 is 15.5 Å². The number of ether oxygens (including phenoxy) is 1. The maximum absolute atomic E-state index is 13.5. The SMILES string of the molecule is COc1ccc(NC(=O)C(=O)N/N=C/c2ccc(CN(Cc3ccccc3)S(=O)(=O)c3ccc(Cl)cc3)o2)cc1. The lowest BCUT2D eigenvalue weighted by Crippen LogP contribution is -2.32. The van der Waals surface area contributed by atoms with E-state index >= 15 is 0 Å². The summed E-state index contributed by atoms with van der Waals surface area (Å²) >= 11 is 5.94. The van der Waals surface area contributed by atoms with Crippen molar-refractivity contribution in [1.29, 1.82) is 0 Å². The minimum absolute atomic E-state index is 0.0652. The number of halogens is 1. The van der Waals surface area contributed by atoms with Crippen LogP contribution in [0.4, 0.5) is 5.69 Å². The van der Waals surface area contributed by atoms with Crippen LogP contribution in [0.15, 0.2) is 105 Å². The van der Waals surface area contributed by atoms with Gasteiger partial charge in [0.1, 0.15) is 17.3 Å². The van der Waals surface area contributed by atoms with E-state index in [0.29, 0.717) is 22.2 Å². The van der Waals surface area contributed by atoms with Gasteiger partial charge in [-0.15, -0.1) is 0 Å². The summed E-state index contributed by atoms with van der Waals surface area (Å²) in [6, 6.07) is 24.7. The van der Waals surface area contributed by atoms with Gasteiger partial charge in [-0.1, -0.05) is 41.9 Å². The van der Waals surface area contributed by atoms with Gasteiger partial charge in [0.05, 0.1) is 24.8 Å². The number of rotatable bonds is 10. The first-order valence-electron chi connectivity index (χ1n) is 11.9. The third-order valence-electron chi connectivity index (χ3n) is 5.58. The number of hydrogen-bond donors (Lipinski definition) is 2. The molecule has 0 unspecified atom stereocenters. The number of carbonyl (C=O) groups excluding carboxylic acids is 2. The molecule has 4 aromatic rings. The molecule has 12 heteroatoms. The summed E-state index contributed by atoms with van der Waals surface area (Å²) in [6.07, 6.45) is 1.21. The Labute approximate surface area is 236 Å². The van der Waals surface area contributed by atoms with Crippen LogP contribution in [0.2, 0.25) is 5.02 Å². The number of benzene rings is 3. The van der Waals surface area contributed by atoms with Gasteiger partial charge in [-0.2, -0.15) is 9.41 Å². The quantitative estimate of drug-likeness (QED) is 0.162. The Morgan fingerprint density at radius 1 is 0.925 bits per heavy atom. The van der Waals surface area contributed by atoms with Gasteiger partial charge < -0.3 is 14.5 Å². The largest absolute Gasteiger partial charge is 0.497 e. The number of nitrogens with zero attached hydrogens (tertiary/aromatic N) is 2. The van der Waals surface area contributed by atoms with Gasteiger partial charge in [0, 0.05) is 17.3 Å². The summed E-state index contributed by atoms with van der Waals surface area (Å²) in [5.74, 6) is -0.697. The first kappa shape index (κ1) is 28.6. The van der Waals surface area contributed by atoms with E-state index in [1.165, 1.54) is 41.9 Å². The molecule has 0 bridgehead atoms. The predicted octanol–water partition coefficient (Wildman–Crippen LogP) is 4.42. The number of hydrogen-bond acceptors (Lipinski definition) is 7. The molecule has 0 aliphatic carbocycles. The molecular formula is C28H25ClN4O6S. The molecule has 0 saturated heterocycles. The van der Waals surface area contributed by atoms with E-state index in [1.807, 2.05) is 30.3 Å². The zero-order valence-corrected chi connectivity index (χ0v) is 22.9. The molecule has 0 radical (unpaired) electrons. The van der Waals surface area contributed by atoms with Gasteiger partial charge in [0.2, 0.25) is 10.0 Å². The summed E-state index contributed by atoms with van der Waals surface area (Å²) < 4.78 is 39.0. The molecule has 0 atom stereocenters. The molecule has 0 aliphatic rings. The molecule has 1 heterocycles. The molecule has 0 saturated carbocycles. The maximum Gasteiger partial charge on any atom is 0.329 e. The van der Waals surface area contributed by atoms with Gasteiger partial charge in [-0.05, 0) is 66.2 Å². The Morgan fingerprint density at radius 3 is 2.30 bits per heavy atom. The minimum atomic E-state index is -3.90. The van der Waals surface area contributed by atoms with Crippen LogP contribution in [-0.2, 0) is 32.7 Å². The van der Waals surface area contributed by atoms with Crippen molar-refractivity contribution in [2.45, 2.75) is 18.0 Å². The third kappa shape index (κ3) is 7.56. The van der Waals surface area contributed by atoms with Crippen molar-refractivity contribution >= 4 is 45.3 Å². The second-order valence-electron chi connectivity index (χ2n) is 8.40. The van der Waals surface area contributed by atoms with Crippen LogP contribution >= 0.6 is 11.6 Å². The molecular weight excluding hydrogens is 556 g/mol. The second kappa shape index (κ2) is 13.1. The van der Waals surface area contributed by atoms with Gasteiger partial charge in [-0.25, -0.2) is 13.8 Å². The summed E-state index contributed by atoms with van der Waals surface area (Å²) in [5, 5.41) is 6.62. The molecule has 40 heavy (non-hydrogen) atoms. The number of sulfonamides is 1. The van der Waals surface area contributed by atoms with E-state index < -0.39 is 21.8 Å². The van der Waals surface area contributed by atoms with Crippen LogP contribution in [0.25, 0.3) is 0 Å². The van der Waals surface area contributed by atoms with Crippen LogP contribution in [0.3, 0.4) is 0 Å². The maximum atomic E-state index is 13.5. The normalized spacial score (nSPS) is 11.5. The van der Waals surface area contributed by atoms with Gasteiger partial charge >= 0.3 is 11.8 Å². The minimum Gasteiger partial charge on any atom is -0.497 e. The second-order valence-corrected chi connectivity index (χ2v) is 10.8. The highest BCUT2D eigenvalue weighted by Gasteiger charge is 2.26. The Hall–Kier alpha value is -4.45. The Morgan fingerprint density at radius 2 is 1.62 bits per heavy atom. The summed E-state index contributed by atoms with van der Waals surface area (Å²) in [7, 11) is -2.38. The highest BCUT2D eigenvalue weighted by molar-refractivity contribution is 7.89. The molecule has 2 amide bonds. The van der Waals surface area contributed by atoms with E-state index in [9.17, 15) is 18.0 Å². The van der Waals surface area contributed by atoms with Crippen LogP contribution in [0, 0.1) is 0 Å². The van der Waals surface area contributed by atoms with Crippen LogP contribution in [0.5, 0.6) is 5.75 Å². The van der Waals surface area contributed by atoms with Crippen molar-refractivity contribution in [1.82, 2.24) is 9.73 Å². The smallest absolute Gasteiger partial charge is 0.329 e. The van der Waals surface area contributed by atoms with E-state index in [0.717, 1.165) is 5.56 Å². The fraction of sp³-hybridized carbons (Fsp3) is 0.107. The monoisotopic (exact) mass is 580 g/mol. The first-order chi connectivity index (χ1) is 19.2. The Balaban J connectivity index is 1.41. The molecule has 10 nitrogen and oxygen atoms in total. The molecule has 2 N–H and O–H groups in total. The molecule has 1 aromatic heterocycles. The lowest BCUT2D eigenvalue weighted by atomic mass is 10.2. The van der Waals surface area contributed by atoms with Crippen molar-refractivity contribution in [3.05, 3.63) is 113 Å². The zero-order chi connectivity index (χ0) is 28.5. The summed E-state index contributed by atoms with van der Waals surface area (Å²) in [4.78, 5) is 24.3. The topological polar surface area (TPSA) is 130 Å². The van der Waals surface area contributed by atoms with Gasteiger partial charge in [0.25, 0.3) is 0 Å². The standard InChI is InChI=1S/C28H25ClN4O6S/c1-38-23-11-9-22(10-12-23)31-27(34)28(35)32-30-17-24-13-14-25(39-24)19-33(18-20-5-3-2-4-6-20)40(36,37)26-15-7-21(29)8-16-26/h2-17H,18-19H2,1H3,(H,31,34)(H,32,35)/b30-17+. The van der Waals surface area contributed by atoms with E-state index in [4.69, 9.17) is 20.8 Å². The number of methoxy groups -OCH3 is 1. The van der Waals surface area contributed by atoms with E-state index in [2.05, 4.69) is 15.8 Å². The van der Waals surface area contributed by atoms with Crippen molar-refractivity contribution in [3.8, 4) is 5.75 Å². The predicted molar refractivity (Wildman–Crippen MR) is 150 cm³/mol. The zero-order valence-electron chi connectivity index (χ0n) is 21.3. The lowest BCUT2D eigenvalue weighted by molar-refractivity contribution is -0.136. The molecule has 3 aromatic carbocycles. The number of amides is 2. The summed E-state index contributed by atoms with van der Waals surface area (Å²) in [5.41, 5.74) is 3.33. The number of carbonyl (C=O) groups is 2.